The van der Waals surface area contributed by atoms with Gasteiger partial charge in [-0.1, -0.05) is 212 Å². The molecule has 0 fully saturated rings. The second-order valence-electron chi connectivity index (χ2n) is 15.3. The van der Waals surface area contributed by atoms with Crippen LogP contribution in [0.15, 0.2) is 24.3 Å². The summed E-state index contributed by atoms with van der Waals surface area (Å²) in [5.74, 6) is -0.505. The number of aliphatic hydroxyl groups is 3. The van der Waals surface area contributed by atoms with E-state index < -0.39 is 24.2 Å². The fourth-order valence-corrected chi connectivity index (χ4v) is 6.77. The third kappa shape index (κ3) is 35.2. The van der Waals surface area contributed by atoms with Gasteiger partial charge in [-0.25, -0.2) is 0 Å². The van der Waals surface area contributed by atoms with E-state index in [1.165, 1.54) is 180 Å². The van der Waals surface area contributed by atoms with Gasteiger partial charge in [0.15, 0.2) is 0 Å². The molecule has 3 unspecified atom stereocenters. The first-order valence-corrected chi connectivity index (χ1v) is 22.2. The van der Waals surface area contributed by atoms with Crippen molar-refractivity contribution in [1.29, 1.82) is 0 Å². The first kappa shape index (κ1) is 48.8. The number of allylic oxidation sites excluding steroid dienone is 3. The molecular formula is C45H87NO4. The second-order valence-corrected chi connectivity index (χ2v) is 15.3. The van der Waals surface area contributed by atoms with Crippen molar-refractivity contribution in [2.75, 3.05) is 6.61 Å². The third-order valence-electron chi connectivity index (χ3n) is 10.3. The largest absolute Gasteiger partial charge is 0.394 e. The van der Waals surface area contributed by atoms with Crippen molar-refractivity contribution >= 4 is 5.91 Å². The Morgan fingerprint density at radius 3 is 1.16 bits per heavy atom. The molecule has 1 amide bonds. The molecule has 0 heterocycles. The average Bonchev–Trinajstić information content (AvgIpc) is 3.12. The third-order valence-corrected chi connectivity index (χ3v) is 10.3. The van der Waals surface area contributed by atoms with Gasteiger partial charge in [0.1, 0.15) is 6.10 Å². The molecule has 50 heavy (non-hydrogen) atoms. The number of carbonyl (C=O) groups excluding carboxylic acids is 1. The molecule has 0 aliphatic rings. The lowest BCUT2D eigenvalue weighted by Crippen LogP contribution is -2.48. The van der Waals surface area contributed by atoms with Crippen LogP contribution in [0.4, 0.5) is 0 Å². The molecule has 0 aromatic rings. The molecule has 0 rings (SSSR count). The van der Waals surface area contributed by atoms with Crippen LogP contribution in [-0.4, -0.2) is 46.1 Å². The maximum atomic E-state index is 12.4. The zero-order valence-corrected chi connectivity index (χ0v) is 33.5. The number of carbonyl (C=O) groups is 1. The van der Waals surface area contributed by atoms with Crippen LogP contribution in [0.3, 0.4) is 0 Å². The predicted octanol–water partition coefficient (Wildman–Crippen LogP) is 12.6. The summed E-state index contributed by atoms with van der Waals surface area (Å²) >= 11 is 0. The Labute approximate surface area is 312 Å². The molecule has 3 atom stereocenters. The molecule has 5 nitrogen and oxygen atoms in total. The molecule has 296 valence electrons. The van der Waals surface area contributed by atoms with Crippen LogP contribution in [0.25, 0.3) is 0 Å². The van der Waals surface area contributed by atoms with Gasteiger partial charge in [0.25, 0.3) is 0 Å². The Bertz CT molecular complexity index is 739. The Morgan fingerprint density at radius 1 is 0.480 bits per heavy atom. The molecule has 0 saturated heterocycles. The van der Waals surface area contributed by atoms with Crippen LogP contribution in [-0.2, 0) is 4.79 Å². The zero-order chi connectivity index (χ0) is 36.6. The van der Waals surface area contributed by atoms with Crippen molar-refractivity contribution in [1.82, 2.24) is 5.32 Å². The Kier molecular flexibility index (Phi) is 39.6. The van der Waals surface area contributed by atoms with Gasteiger partial charge in [-0.3, -0.25) is 4.79 Å². The van der Waals surface area contributed by atoms with E-state index >= 15 is 0 Å². The molecule has 0 spiro atoms. The highest BCUT2D eigenvalue weighted by Crippen LogP contribution is 2.15. The van der Waals surface area contributed by atoms with Crippen LogP contribution in [0.2, 0.25) is 0 Å². The Hall–Kier alpha value is -1.17. The number of rotatable bonds is 40. The Morgan fingerprint density at radius 2 is 0.800 bits per heavy atom. The second kappa shape index (κ2) is 40.6. The first-order chi connectivity index (χ1) is 24.6. The van der Waals surface area contributed by atoms with Gasteiger partial charge in [0, 0.05) is 0 Å². The lowest BCUT2D eigenvalue weighted by molar-refractivity contribution is -0.131. The number of hydrogen-bond acceptors (Lipinski definition) is 4. The normalized spacial score (nSPS) is 13.8. The van der Waals surface area contributed by atoms with Gasteiger partial charge in [-0.05, 0) is 44.9 Å². The van der Waals surface area contributed by atoms with Crippen molar-refractivity contribution in [2.24, 2.45) is 0 Å². The molecule has 0 bridgehead atoms. The highest BCUT2D eigenvalue weighted by molar-refractivity contribution is 5.80. The summed E-state index contributed by atoms with van der Waals surface area (Å²) in [5.41, 5.74) is 0. The van der Waals surface area contributed by atoms with Gasteiger partial charge in [0.05, 0.1) is 18.8 Å². The summed E-state index contributed by atoms with van der Waals surface area (Å²) in [6.07, 6.45) is 49.5. The van der Waals surface area contributed by atoms with Crippen molar-refractivity contribution in [3.8, 4) is 0 Å². The number of nitrogens with one attached hydrogen (secondary N) is 1. The summed E-state index contributed by atoms with van der Waals surface area (Å²) < 4.78 is 0. The van der Waals surface area contributed by atoms with E-state index in [9.17, 15) is 20.1 Å². The van der Waals surface area contributed by atoms with E-state index in [4.69, 9.17) is 0 Å². The predicted molar refractivity (Wildman–Crippen MR) is 218 cm³/mol. The maximum absolute atomic E-state index is 12.4. The van der Waals surface area contributed by atoms with Gasteiger partial charge in [-0.2, -0.15) is 0 Å². The highest BCUT2D eigenvalue weighted by atomic mass is 16.3. The van der Waals surface area contributed by atoms with E-state index in [-0.39, 0.29) is 6.61 Å². The van der Waals surface area contributed by atoms with Gasteiger partial charge >= 0.3 is 0 Å². The zero-order valence-electron chi connectivity index (χ0n) is 33.5. The molecule has 0 aromatic carbocycles. The van der Waals surface area contributed by atoms with E-state index in [0.717, 1.165) is 32.1 Å². The molecule has 0 aliphatic carbocycles. The first-order valence-electron chi connectivity index (χ1n) is 22.2. The monoisotopic (exact) mass is 706 g/mol. The molecule has 4 N–H and O–H groups in total. The number of hydrogen-bond donors (Lipinski definition) is 4. The lowest BCUT2D eigenvalue weighted by atomic mass is 10.0. The lowest BCUT2D eigenvalue weighted by Gasteiger charge is -2.21. The van der Waals surface area contributed by atoms with Crippen LogP contribution < -0.4 is 5.32 Å². The highest BCUT2D eigenvalue weighted by Gasteiger charge is 2.22. The summed E-state index contributed by atoms with van der Waals surface area (Å²) in [6, 6.07) is -0.793. The van der Waals surface area contributed by atoms with E-state index in [1.807, 2.05) is 6.08 Å². The molecule has 0 aromatic heterocycles. The molecule has 0 aliphatic heterocycles. The van der Waals surface area contributed by atoms with Crippen LogP contribution >= 0.6 is 0 Å². The minimum Gasteiger partial charge on any atom is -0.394 e. The molecule has 0 radical (unpaired) electrons. The van der Waals surface area contributed by atoms with Gasteiger partial charge in [-0.15, -0.1) is 0 Å². The SMILES string of the molecule is CCCCCCCCC/C=C/C(O)C(CO)NC(=O)C(O)CCCCCCCCCCCCC/C=C\CCCCCCCCCCCCCC. The van der Waals surface area contributed by atoms with E-state index in [0.29, 0.717) is 6.42 Å². The van der Waals surface area contributed by atoms with Crippen molar-refractivity contribution in [3.63, 3.8) is 0 Å². The summed E-state index contributed by atoms with van der Waals surface area (Å²) in [5, 5.41) is 33.0. The van der Waals surface area contributed by atoms with Crippen LogP contribution in [0.1, 0.15) is 232 Å². The minimum atomic E-state index is -1.09. The van der Waals surface area contributed by atoms with Crippen LogP contribution in [0, 0.1) is 0 Å². The minimum absolute atomic E-state index is 0.363. The summed E-state index contributed by atoms with van der Waals surface area (Å²) in [6.45, 7) is 4.15. The van der Waals surface area contributed by atoms with Crippen molar-refractivity contribution in [2.45, 2.75) is 250 Å². The molecule has 5 heteroatoms. The Balaban J connectivity index is 3.54. The van der Waals surface area contributed by atoms with E-state index in [1.54, 1.807) is 6.08 Å². The topological polar surface area (TPSA) is 89.8 Å². The van der Waals surface area contributed by atoms with Crippen LogP contribution in [0.5, 0.6) is 0 Å². The molecular weight excluding hydrogens is 618 g/mol. The number of aliphatic hydroxyl groups excluding tert-OH is 3. The average molecular weight is 706 g/mol. The number of amides is 1. The number of unbranched alkanes of at least 4 members (excludes halogenated alkanes) is 30. The van der Waals surface area contributed by atoms with Gasteiger partial charge < -0.3 is 20.6 Å². The smallest absolute Gasteiger partial charge is 0.249 e. The van der Waals surface area contributed by atoms with Crippen molar-refractivity contribution in [3.05, 3.63) is 24.3 Å². The quantitative estimate of drug-likeness (QED) is 0.0377. The maximum Gasteiger partial charge on any atom is 0.249 e. The fourth-order valence-electron chi connectivity index (χ4n) is 6.77. The van der Waals surface area contributed by atoms with E-state index in [2.05, 4.69) is 31.3 Å². The fraction of sp³-hybridized carbons (Fsp3) is 0.889. The van der Waals surface area contributed by atoms with Crippen molar-refractivity contribution < 1.29 is 20.1 Å². The van der Waals surface area contributed by atoms with Gasteiger partial charge in [0.2, 0.25) is 5.91 Å². The standard InChI is InChI=1S/C45H87NO4/c1-3-5-7-9-11-13-14-15-16-17-18-19-20-21-22-23-24-25-26-27-28-29-30-32-34-36-38-40-44(49)45(50)46-42(41-47)43(48)39-37-35-33-31-12-10-8-6-4-2/h21-22,37,39,42-44,47-49H,3-20,23-36,38,40-41H2,1-2H3,(H,46,50)/b22-21-,39-37+. The molecule has 0 saturated carbocycles. The summed E-state index contributed by atoms with van der Waals surface area (Å²) in [7, 11) is 0. The summed E-state index contributed by atoms with van der Waals surface area (Å²) in [4.78, 5) is 12.4.